The maximum atomic E-state index is 14.0. The Hall–Kier alpha value is -3.51. The van der Waals surface area contributed by atoms with Gasteiger partial charge in [0.1, 0.15) is 5.69 Å². The van der Waals surface area contributed by atoms with E-state index >= 15 is 0 Å². The maximum absolute atomic E-state index is 14.0. The first kappa shape index (κ1) is 21.1. The lowest BCUT2D eigenvalue weighted by Gasteiger charge is -2.52. The van der Waals surface area contributed by atoms with Crippen LogP contribution in [0.1, 0.15) is 48.2 Å². The van der Waals surface area contributed by atoms with Gasteiger partial charge < -0.3 is 10.0 Å². The van der Waals surface area contributed by atoms with Crippen molar-refractivity contribution in [2.24, 2.45) is 5.92 Å². The second-order valence-electron chi connectivity index (χ2n) is 9.45. The van der Waals surface area contributed by atoms with Gasteiger partial charge in [0.05, 0.1) is 11.1 Å². The highest BCUT2D eigenvalue weighted by molar-refractivity contribution is 6.00. The number of amides is 1. The van der Waals surface area contributed by atoms with Crippen molar-refractivity contribution in [1.29, 1.82) is 0 Å². The Kier molecular flexibility index (Phi) is 5.18. The molecule has 34 heavy (non-hydrogen) atoms. The van der Waals surface area contributed by atoms with Crippen LogP contribution >= 0.6 is 0 Å². The molecule has 1 aliphatic carbocycles. The number of aliphatic hydroxyl groups is 1. The number of carbonyl (C=O) groups excluding carboxylic acids is 1. The van der Waals surface area contributed by atoms with Crippen LogP contribution in [0.4, 0.5) is 0 Å². The molecule has 1 aliphatic heterocycles. The maximum Gasteiger partial charge on any atom is 0.274 e. The van der Waals surface area contributed by atoms with E-state index < -0.39 is 5.60 Å². The molecule has 0 bridgehead atoms. The minimum atomic E-state index is -0.904. The summed E-state index contributed by atoms with van der Waals surface area (Å²) in [5.41, 5.74) is 2.03. The lowest BCUT2D eigenvalue weighted by Crippen LogP contribution is -2.59. The highest BCUT2D eigenvalue weighted by atomic mass is 16.3. The van der Waals surface area contributed by atoms with Gasteiger partial charge in [-0.3, -0.25) is 14.2 Å². The number of likely N-dealkylation sites (tertiary alicyclic amines) is 1. The summed E-state index contributed by atoms with van der Waals surface area (Å²) in [6.45, 7) is 0.510. The highest BCUT2D eigenvalue weighted by Gasteiger charge is 2.50. The molecule has 2 fully saturated rings. The van der Waals surface area contributed by atoms with Crippen LogP contribution in [0.3, 0.4) is 0 Å². The van der Waals surface area contributed by atoms with Crippen molar-refractivity contribution in [3.8, 4) is 11.5 Å². The van der Waals surface area contributed by atoms with Crippen molar-refractivity contribution in [2.45, 2.75) is 43.7 Å². The Morgan fingerprint density at radius 3 is 2.59 bits per heavy atom. The van der Waals surface area contributed by atoms with Gasteiger partial charge in [-0.25, -0.2) is 4.98 Å². The summed E-state index contributed by atoms with van der Waals surface area (Å²) in [7, 11) is 0. The van der Waals surface area contributed by atoms with E-state index in [1.165, 1.54) is 0 Å². The molecule has 172 valence electrons. The van der Waals surface area contributed by atoms with Gasteiger partial charge in [0, 0.05) is 30.9 Å². The molecule has 1 N–H and O–H groups in total. The number of aromatic nitrogens is 3. The average molecular weight is 453 g/mol. The van der Waals surface area contributed by atoms with Gasteiger partial charge in [-0.2, -0.15) is 0 Å². The number of fused-ring (bicyclic) bond motifs is 2. The van der Waals surface area contributed by atoms with Crippen LogP contribution in [-0.4, -0.2) is 42.9 Å². The smallest absolute Gasteiger partial charge is 0.274 e. The fraction of sp³-hybridized carbons (Fsp3) is 0.321. The molecule has 4 aromatic rings. The van der Waals surface area contributed by atoms with Crippen LogP contribution in [0, 0.1) is 5.92 Å². The summed E-state index contributed by atoms with van der Waals surface area (Å²) in [5.74, 6) is 0.626. The number of hydrogen-bond acceptors (Lipinski definition) is 4. The topological polar surface area (TPSA) is 70.7 Å². The Balaban J connectivity index is 1.39. The Labute approximate surface area is 198 Å². The second-order valence-corrected chi connectivity index (χ2v) is 9.45. The summed E-state index contributed by atoms with van der Waals surface area (Å²) in [6, 6.07) is 21.5. The van der Waals surface area contributed by atoms with E-state index in [2.05, 4.69) is 4.98 Å². The van der Waals surface area contributed by atoms with Crippen molar-refractivity contribution >= 4 is 11.4 Å². The molecular weight excluding hydrogens is 424 g/mol. The van der Waals surface area contributed by atoms with Gasteiger partial charge in [-0.05, 0) is 49.1 Å². The molecule has 2 aliphatic rings. The molecule has 6 heteroatoms. The standard InChI is InChI=1S/C28H28N4O2/c33-27(25-24-15-7-9-18-31(24)26(30-25)22-13-6-8-17-29-22)32-19-16-28(34,20-10-2-1-3-11-20)21-12-4-5-14-23(21)32/h1-3,6-11,13,15,17-18,21,23,34H,4-5,12,14,16,19H2/t21-,23+,28?/m0/s1. The van der Waals surface area contributed by atoms with Crippen molar-refractivity contribution < 1.29 is 9.90 Å². The molecular formula is C28H28N4O2. The minimum absolute atomic E-state index is 0.000955. The zero-order valence-corrected chi connectivity index (χ0v) is 19.0. The molecule has 0 radical (unpaired) electrons. The summed E-state index contributed by atoms with van der Waals surface area (Å²) in [5, 5.41) is 11.9. The molecule has 3 aromatic heterocycles. The van der Waals surface area contributed by atoms with E-state index in [1.807, 2.05) is 82.2 Å². The lowest BCUT2D eigenvalue weighted by molar-refractivity contribution is -0.110. The second kappa shape index (κ2) is 8.37. The van der Waals surface area contributed by atoms with Crippen molar-refractivity contribution in [3.63, 3.8) is 0 Å². The number of hydrogen-bond donors (Lipinski definition) is 1. The number of nitrogens with zero attached hydrogens (tertiary/aromatic N) is 4. The van der Waals surface area contributed by atoms with Gasteiger partial charge in [0.15, 0.2) is 11.5 Å². The predicted octanol–water partition coefficient (Wildman–Crippen LogP) is 4.69. The van der Waals surface area contributed by atoms with Crippen LogP contribution in [0.5, 0.6) is 0 Å². The highest BCUT2D eigenvalue weighted by Crippen LogP contribution is 2.47. The largest absolute Gasteiger partial charge is 0.385 e. The SMILES string of the molecule is O=C(c1nc(-c2ccccn2)n2ccccc12)N1CCC(O)(c2ccccc2)[C@H]2CCCC[C@H]21. The van der Waals surface area contributed by atoms with E-state index in [1.54, 1.807) is 6.20 Å². The van der Waals surface area contributed by atoms with Gasteiger partial charge in [0.2, 0.25) is 0 Å². The Bertz CT molecular complexity index is 1320. The van der Waals surface area contributed by atoms with Gasteiger partial charge in [0.25, 0.3) is 5.91 Å². The minimum Gasteiger partial charge on any atom is -0.385 e. The zero-order chi connectivity index (χ0) is 23.1. The molecule has 6 nitrogen and oxygen atoms in total. The van der Waals surface area contributed by atoms with Crippen LogP contribution in [0.15, 0.2) is 79.1 Å². The van der Waals surface area contributed by atoms with Gasteiger partial charge in [-0.15, -0.1) is 0 Å². The number of imidazole rings is 1. The van der Waals surface area contributed by atoms with Crippen molar-refractivity contribution in [1.82, 2.24) is 19.3 Å². The number of piperidine rings is 1. The van der Waals surface area contributed by atoms with Crippen LogP contribution < -0.4 is 0 Å². The van der Waals surface area contributed by atoms with Crippen LogP contribution in [0.2, 0.25) is 0 Å². The van der Waals surface area contributed by atoms with E-state index in [0.717, 1.165) is 42.5 Å². The summed E-state index contributed by atoms with van der Waals surface area (Å²) in [6.07, 6.45) is 8.17. The third kappa shape index (κ3) is 3.32. The van der Waals surface area contributed by atoms with Gasteiger partial charge >= 0.3 is 0 Å². The summed E-state index contributed by atoms with van der Waals surface area (Å²) in [4.78, 5) is 25.3. The molecule has 0 spiro atoms. The molecule has 6 rings (SSSR count). The third-order valence-electron chi connectivity index (χ3n) is 7.66. The molecule has 1 saturated heterocycles. The fourth-order valence-corrected chi connectivity index (χ4v) is 6.03. The third-order valence-corrected chi connectivity index (χ3v) is 7.66. The average Bonchev–Trinajstić information content (AvgIpc) is 3.30. The molecule has 4 heterocycles. The fourth-order valence-electron chi connectivity index (χ4n) is 6.03. The lowest BCUT2D eigenvalue weighted by atomic mass is 9.66. The Morgan fingerprint density at radius 1 is 0.971 bits per heavy atom. The number of carbonyl (C=O) groups is 1. The Morgan fingerprint density at radius 2 is 1.76 bits per heavy atom. The first-order chi connectivity index (χ1) is 16.7. The van der Waals surface area contributed by atoms with E-state index in [0.29, 0.717) is 24.5 Å². The number of benzene rings is 1. The van der Waals surface area contributed by atoms with Crippen molar-refractivity contribution in [3.05, 3.63) is 90.4 Å². The van der Waals surface area contributed by atoms with Crippen LogP contribution in [0.25, 0.3) is 17.0 Å². The quantitative estimate of drug-likeness (QED) is 0.490. The summed E-state index contributed by atoms with van der Waals surface area (Å²) >= 11 is 0. The molecule has 1 unspecified atom stereocenters. The molecule has 1 amide bonds. The van der Waals surface area contributed by atoms with E-state index in [9.17, 15) is 9.90 Å². The molecule has 1 saturated carbocycles. The number of rotatable bonds is 3. The van der Waals surface area contributed by atoms with E-state index in [4.69, 9.17) is 4.98 Å². The zero-order valence-electron chi connectivity index (χ0n) is 19.0. The van der Waals surface area contributed by atoms with Crippen LogP contribution in [-0.2, 0) is 5.60 Å². The van der Waals surface area contributed by atoms with Crippen molar-refractivity contribution in [2.75, 3.05) is 6.54 Å². The van der Waals surface area contributed by atoms with E-state index in [-0.39, 0.29) is 17.9 Å². The number of pyridine rings is 2. The predicted molar refractivity (Wildman–Crippen MR) is 130 cm³/mol. The molecule has 3 atom stereocenters. The first-order valence-corrected chi connectivity index (χ1v) is 12.1. The monoisotopic (exact) mass is 452 g/mol. The molecule has 1 aromatic carbocycles. The normalized spacial score (nSPS) is 24.7. The van der Waals surface area contributed by atoms with Gasteiger partial charge in [-0.1, -0.05) is 55.3 Å². The first-order valence-electron chi connectivity index (χ1n) is 12.1. The summed E-state index contributed by atoms with van der Waals surface area (Å²) < 4.78 is 1.94.